The third-order valence-electron chi connectivity index (χ3n) is 5.70. The largest absolute Gasteiger partial charge is 0.457 e. The molecule has 0 aliphatic rings. The number of nitrogens with zero attached hydrogens (tertiary/aromatic N) is 2. The van der Waals surface area contributed by atoms with Crippen LogP contribution >= 0.6 is 11.3 Å². The number of carbonyl (C=O) groups is 1. The Balaban J connectivity index is 1.36. The molecule has 0 bridgehead atoms. The molecule has 0 saturated heterocycles. The molecule has 0 saturated carbocycles. The number of anilines is 1. The lowest BCUT2D eigenvalue weighted by Crippen LogP contribution is -2.33. The quantitative estimate of drug-likeness (QED) is 0.303. The van der Waals surface area contributed by atoms with E-state index in [0.29, 0.717) is 27.5 Å². The molecule has 3 aromatic carbocycles. The highest BCUT2D eigenvalue weighted by atomic mass is 32.1. The molecule has 174 valence electrons. The van der Waals surface area contributed by atoms with Gasteiger partial charge in [-0.3, -0.25) is 14.2 Å². The third-order valence-corrected chi connectivity index (χ3v) is 6.78. The van der Waals surface area contributed by atoms with Gasteiger partial charge in [-0.1, -0.05) is 48.5 Å². The van der Waals surface area contributed by atoms with Gasteiger partial charge in [0, 0.05) is 10.6 Å². The zero-order chi connectivity index (χ0) is 24.4. The Morgan fingerprint density at radius 3 is 2.26 bits per heavy atom. The molecular formula is C28H23N3O3S. The number of rotatable bonds is 6. The van der Waals surface area contributed by atoms with Crippen LogP contribution in [-0.4, -0.2) is 15.5 Å². The van der Waals surface area contributed by atoms with Crippen LogP contribution < -0.4 is 15.6 Å². The zero-order valence-corrected chi connectivity index (χ0v) is 20.1. The molecule has 2 heterocycles. The molecular weight excluding hydrogens is 458 g/mol. The van der Waals surface area contributed by atoms with Crippen LogP contribution in [-0.2, 0) is 4.79 Å². The van der Waals surface area contributed by atoms with Gasteiger partial charge in [0.2, 0.25) is 5.91 Å². The van der Waals surface area contributed by atoms with E-state index >= 15 is 0 Å². The number of aryl methyl sites for hydroxylation is 1. The van der Waals surface area contributed by atoms with Crippen molar-refractivity contribution in [1.82, 2.24) is 9.55 Å². The van der Waals surface area contributed by atoms with Crippen molar-refractivity contribution in [3.05, 3.63) is 107 Å². The van der Waals surface area contributed by atoms with Crippen LogP contribution in [0.4, 0.5) is 5.69 Å². The Morgan fingerprint density at radius 2 is 1.57 bits per heavy atom. The minimum atomic E-state index is -0.736. The first-order valence-corrected chi connectivity index (χ1v) is 12.0. The van der Waals surface area contributed by atoms with Crippen molar-refractivity contribution in [1.29, 1.82) is 0 Å². The summed E-state index contributed by atoms with van der Waals surface area (Å²) < 4.78 is 7.25. The molecule has 1 N–H and O–H groups in total. The summed E-state index contributed by atoms with van der Waals surface area (Å²) in [5.41, 5.74) is 1.42. The van der Waals surface area contributed by atoms with Crippen molar-refractivity contribution in [2.45, 2.75) is 19.9 Å². The van der Waals surface area contributed by atoms with Crippen LogP contribution in [0.25, 0.3) is 20.7 Å². The summed E-state index contributed by atoms with van der Waals surface area (Å²) in [6.45, 7) is 3.46. The monoisotopic (exact) mass is 481 g/mol. The zero-order valence-electron chi connectivity index (χ0n) is 19.3. The standard InChI is InChI=1S/C28H23N3O3S/c1-18(26(32)30-21-13-15-23(16-14-21)34-22-11-7-4-8-12-22)31-19(2)29-27-24(28(31)33)17-25(35-27)20-9-5-3-6-10-20/h3-18H,1-2H3,(H,30,32). The van der Waals surface area contributed by atoms with E-state index in [1.807, 2.05) is 66.7 Å². The Kier molecular flexibility index (Phi) is 6.16. The minimum absolute atomic E-state index is 0.222. The molecule has 1 amide bonds. The number of carbonyl (C=O) groups excluding carboxylic acids is 1. The van der Waals surface area contributed by atoms with Crippen molar-refractivity contribution in [2.75, 3.05) is 5.32 Å². The lowest BCUT2D eigenvalue weighted by atomic mass is 10.2. The highest BCUT2D eigenvalue weighted by Gasteiger charge is 2.21. The molecule has 6 nitrogen and oxygen atoms in total. The summed E-state index contributed by atoms with van der Waals surface area (Å²) >= 11 is 1.48. The van der Waals surface area contributed by atoms with Crippen LogP contribution in [0.5, 0.6) is 11.5 Å². The number of nitrogens with one attached hydrogen (secondary N) is 1. The number of amides is 1. The summed E-state index contributed by atoms with van der Waals surface area (Å²) in [5, 5.41) is 3.40. The highest BCUT2D eigenvalue weighted by molar-refractivity contribution is 7.21. The number of benzene rings is 3. The van der Waals surface area contributed by atoms with E-state index < -0.39 is 6.04 Å². The Labute approximate surface area is 206 Å². The Hall–Kier alpha value is -4.23. The molecule has 0 radical (unpaired) electrons. The van der Waals surface area contributed by atoms with Crippen LogP contribution in [0.15, 0.2) is 95.8 Å². The number of aromatic nitrogens is 2. The van der Waals surface area contributed by atoms with Gasteiger partial charge in [-0.2, -0.15) is 0 Å². The Bertz CT molecular complexity index is 1540. The molecule has 35 heavy (non-hydrogen) atoms. The fourth-order valence-corrected chi connectivity index (χ4v) is 4.96. The molecule has 0 spiro atoms. The summed E-state index contributed by atoms with van der Waals surface area (Å²) in [4.78, 5) is 32.6. The average Bonchev–Trinajstić information content (AvgIpc) is 3.31. The number of thiophene rings is 1. The summed E-state index contributed by atoms with van der Waals surface area (Å²) in [7, 11) is 0. The van der Waals surface area contributed by atoms with Crippen molar-refractivity contribution in [3.63, 3.8) is 0 Å². The van der Waals surface area contributed by atoms with Gasteiger partial charge < -0.3 is 10.1 Å². The first kappa shape index (κ1) is 22.6. The maximum absolute atomic E-state index is 13.3. The minimum Gasteiger partial charge on any atom is -0.457 e. The molecule has 1 unspecified atom stereocenters. The topological polar surface area (TPSA) is 73.2 Å². The summed E-state index contributed by atoms with van der Waals surface area (Å²) in [6.07, 6.45) is 0. The average molecular weight is 482 g/mol. The first-order chi connectivity index (χ1) is 17.0. The molecule has 5 rings (SSSR count). The maximum atomic E-state index is 13.3. The normalized spacial score (nSPS) is 11.8. The molecule has 0 aliphatic carbocycles. The van der Waals surface area contributed by atoms with Crippen LogP contribution in [0, 0.1) is 6.92 Å². The van der Waals surface area contributed by atoms with Gasteiger partial charge in [0.05, 0.1) is 5.39 Å². The second-order valence-electron chi connectivity index (χ2n) is 8.13. The van der Waals surface area contributed by atoms with E-state index in [1.165, 1.54) is 15.9 Å². The van der Waals surface area contributed by atoms with E-state index in [4.69, 9.17) is 4.74 Å². The van der Waals surface area contributed by atoms with Crippen molar-refractivity contribution in [2.24, 2.45) is 0 Å². The van der Waals surface area contributed by atoms with Crippen molar-refractivity contribution < 1.29 is 9.53 Å². The second-order valence-corrected chi connectivity index (χ2v) is 9.17. The van der Waals surface area contributed by atoms with Gasteiger partial charge in [-0.25, -0.2) is 4.98 Å². The maximum Gasteiger partial charge on any atom is 0.263 e. The van der Waals surface area contributed by atoms with Crippen LogP contribution in [0.1, 0.15) is 18.8 Å². The molecule has 0 aliphatic heterocycles. The molecule has 2 aromatic heterocycles. The number of fused-ring (bicyclic) bond motifs is 1. The molecule has 5 aromatic rings. The molecule has 1 atom stereocenters. The van der Waals surface area contributed by atoms with E-state index in [9.17, 15) is 9.59 Å². The first-order valence-electron chi connectivity index (χ1n) is 11.2. The highest BCUT2D eigenvalue weighted by Crippen LogP contribution is 2.31. The molecule has 0 fully saturated rings. The second kappa shape index (κ2) is 9.56. The van der Waals surface area contributed by atoms with Crippen molar-refractivity contribution in [3.8, 4) is 21.9 Å². The van der Waals surface area contributed by atoms with Gasteiger partial charge >= 0.3 is 0 Å². The fourth-order valence-electron chi connectivity index (χ4n) is 3.89. The van der Waals surface area contributed by atoms with E-state index in [0.717, 1.165) is 16.2 Å². The van der Waals surface area contributed by atoms with Crippen LogP contribution in [0.3, 0.4) is 0 Å². The van der Waals surface area contributed by atoms with Gasteiger partial charge in [-0.05, 0) is 61.9 Å². The number of ether oxygens (including phenoxy) is 1. The van der Waals surface area contributed by atoms with E-state index in [-0.39, 0.29) is 11.5 Å². The van der Waals surface area contributed by atoms with Gasteiger partial charge in [0.1, 0.15) is 28.2 Å². The van der Waals surface area contributed by atoms with Crippen LogP contribution in [0.2, 0.25) is 0 Å². The smallest absolute Gasteiger partial charge is 0.263 e. The number of hydrogen-bond donors (Lipinski definition) is 1. The number of para-hydroxylation sites is 1. The van der Waals surface area contributed by atoms with Gasteiger partial charge in [0.15, 0.2) is 0 Å². The third kappa shape index (κ3) is 4.72. The SMILES string of the molecule is Cc1nc2sc(-c3ccccc3)cc2c(=O)n1C(C)C(=O)Nc1ccc(Oc2ccccc2)cc1. The fraction of sp³-hybridized carbons (Fsp3) is 0.107. The Morgan fingerprint density at radius 1 is 0.943 bits per heavy atom. The molecule has 7 heteroatoms. The predicted octanol–water partition coefficient (Wildman–Crippen LogP) is 6.43. The van der Waals surface area contributed by atoms with E-state index in [1.54, 1.807) is 38.1 Å². The van der Waals surface area contributed by atoms with Crippen molar-refractivity contribution >= 4 is 33.1 Å². The number of hydrogen-bond acceptors (Lipinski definition) is 5. The van der Waals surface area contributed by atoms with Gasteiger partial charge in [0.25, 0.3) is 5.56 Å². The summed E-state index contributed by atoms with van der Waals surface area (Å²) in [5.74, 6) is 1.60. The lowest BCUT2D eigenvalue weighted by molar-refractivity contribution is -0.118. The summed E-state index contributed by atoms with van der Waals surface area (Å²) in [6, 6.07) is 27.6. The van der Waals surface area contributed by atoms with E-state index in [2.05, 4.69) is 10.3 Å². The van der Waals surface area contributed by atoms with Gasteiger partial charge in [-0.15, -0.1) is 11.3 Å². The lowest BCUT2D eigenvalue weighted by Gasteiger charge is -2.17. The predicted molar refractivity (Wildman–Crippen MR) is 140 cm³/mol.